The average molecular weight is 362 g/mol. The Morgan fingerprint density at radius 3 is 2.64 bits per heavy atom. The molecule has 0 bridgehead atoms. The van der Waals surface area contributed by atoms with Crippen LogP contribution < -0.4 is 5.32 Å². The number of halogens is 1. The molecule has 0 aliphatic carbocycles. The lowest BCUT2D eigenvalue weighted by molar-refractivity contribution is -0.115. The molecule has 0 aliphatic heterocycles. The van der Waals surface area contributed by atoms with Gasteiger partial charge in [-0.25, -0.2) is 4.79 Å². The predicted octanol–water partition coefficient (Wildman–Crippen LogP) is 3.81. The fraction of sp³-hybridized carbons (Fsp3) is 0.176. The Kier molecular flexibility index (Phi) is 5.72. The molecule has 0 unspecified atom stereocenters. The van der Waals surface area contributed by atoms with E-state index >= 15 is 0 Å². The van der Waals surface area contributed by atoms with E-state index in [9.17, 15) is 9.59 Å². The van der Waals surface area contributed by atoms with Gasteiger partial charge in [0, 0.05) is 4.47 Å². The fourth-order valence-electron chi connectivity index (χ4n) is 2.01. The maximum atomic E-state index is 12.1. The van der Waals surface area contributed by atoms with Crippen molar-refractivity contribution in [3.8, 4) is 0 Å². The molecule has 2 aromatic rings. The Hall–Kier alpha value is -2.14. The van der Waals surface area contributed by atoms with E-state index in [1.807, 2.05) is 24.3 Å². The molecular formula is C17H16BrNO3. The Balaban J connectivity index is 2.10. The van der Waals surface area contributed by atoms with Crippen molar-refractivity contribution in [2.24, 2.45) is 0 Å². The van der Waals surface area contributed by atoms with Crippen LogP contribution in [0.1, 0.15) is 22.8 Å². The number of benzene rings is 2. The first-order chi connectivity index (χ1) is 10.6. The van der Waals surface area contributed by atoms with Crippen molar-refractivity contribution >= 4 is 33.5 Å². The monoisotopic (exact) mass is 361 g/mol. The summed E-state index contributed by atoms with van der Waals surface area (Å²) in [7, 11) is 0. The largest absolute Gasteiger partial charge is 0.462 e. The number of carbonyl (C=O) groups is 2. The highest BCUT2D eigenvalue weighted by atomic mass is 79.9. The highest BCUT2D eigenvalue weighted by Crippen LogP contribution is 2.17. The van der Waals surface area contributed by atoms with E-state index < -0.39 is 5.97 Å². The Labute approximate surface area is 137 Å². The lowest BCUT2D eigenvalue weighted by Gasteiger charge is -2.10. The molecule has 114 valence electrons. The van der Waals surface area contributed by atoms with Crippen LogP contribution in [0.15, 0.2) is 53.0 Å². The maximum absolute atomic E-state index is 12.1. The van der Waals surface area contributed by atoms with Gasteiger partial charge in [0.15, 0.2) is 0 Å². The molecule has 22 heavy (non-hydrogen) atoms. The minimum absolute atomic E-state index is 0.185. The summed E-state index contributed by atoms with van der Waals surface area (Å²) in [6.45, 7) is 2.03. The minimum Gasteiger partial charge on any atom is -0.462 e. The number of amides is 1. The second-order valence-corrected chi connectivity index (χ2v) is 5.54. The molecule has 0 saturated carbocycles. The van der Waals surface area contributed by atoms with Crippen molar-refractivity contribution < 1.29 is 14.3 Å². The highest BCUT2D eigenvalue weighted by molar-refractivity contribution is 9.10. The Morgan fingerprint density at radius 2 is 1.91 bits per heavy atom. The van der Waals surface area contributed by atoms with Crippen molar-refractivity contribution in [2.75, 3.05) is 11.9 Å². The second-order valence-electron chi connectivity index (χ2n) is 4.62. The van der Waals surface area contributed by atoms with Gasteiger partial charge in [0.25, 0.3) is 0 Å². The van der Waals surface area contributed by atoms with Gasteiger partial charge in [0.1, 0.15) is 0 Å². The number of hydrogen-bond donors (Lipinski definition) is 1. The first-order valence-corrected chi connectivity index (χ1v) is 7.70. The number of hydrogen-bond acceptors (Lipinski definition) is 3. The normalized spacial score (nSPS) is 10.1. The van der Waals surface area contributed by atoms with E-state index in [4.69, 9.17) is 4.74 Å². The van der Waals surface area contributed by atoms with Crippen LogP contribution in [0.25, 0.3) is 0 Å². The van der Waals surface area contributed by atoms with Gasteiger partial charge >= 0.3 is 5.97 Å². The van der Waals surface area contributed by atoms with Crippen molar-refractivity contribution in [3.05, 3.63) is 64.1 Å². The van der Waals surface area contributed by atoms with Crippen LogP contribution in [0, 0.1) is 0 Å². The molecule has 0 heterocycles. The van der Waals surface area contributed by atoms with Gasteiger partial charge in [-0.3, -0.25) is 4.79 Å². The van der Waals surface area contributed by atoms with Gasteiger partial charge in [-0.1, -0.05) is 40.2 Å². The van der Waals surface area contributed by atoms with Crippen LogP contribution in [0.5, 0.6) is 0 Å². The molecule has 1 N–H and O–H groups in total. The zero-order valence-electron chi connectivity index (χ0n) is 12.1. The third-order valence-corrected chi connectivity index (χ3v) is 3.44. The molecule has 0 aromatic heterocycles. The number of ether oxygens (including phenoxy) is 1. The summed E-state index contributed by atoms with van der Waals surface area (Å²) in [5.74, 6) is -0.629. The number of anilines is 1. The zero-order valence-corrected chi connectivity index (χ0v) is 13.7. The van der Waals surface area contributed by atoms with Gasteiger partial charge < -0.3 is 10.1 Å². The van der Waals surface area contributed by atoms with Gasteiger partial charge in [-0.15, -0.1) is 0 Å². The molecule has 0 spiro atoms. The maximum Gasteiger partial charge on any atom is 0.340 e. The van der Waals surface area contributed by atoms with Crippen LogP contribution in [-0.4, -0.2) is 18.5 Å². The first kappa shape index (κ1) is 16.2. The highest BCUT2D eigenvalue weighted by Gasteiger charge is 2.14. The zero-order chi connectivity index (χ0) is 15.9. The quantitative estimate of drug-likeness (QED) is 0.823. The summed E-state index contributed by atoms with van der Waals surface area (Å²) in [5.41, 5.74) is 1.70. The summed E-state index contributed by atoms with van der Waals surface area (Å²) >= 11 is 3.37. The molecule has 0 atom stereocenters. The minimum atomic E-state index is -0.444. The van der Waals surface area contributed by atoms with Crippen molar-refractivity contribution in [1.29, 1.82) is 0 Å². The molecule has 2 rings (SSSR count). The van der Waals surface area contributed by atoms with Crippen LogP contribution in [-0.2, 0) is 16.0 Å². The van der Waals surface area contributed by atoms with E-state index in [0.717, 1.165) is 10.0 Å². The summed E-state index contributed by atoms with van der Waals surface area (Å²) in [4.78, 5) is 24.0. The van der Waals surface area contributed by atoms with Gasteiger partial charge in [0.05, 0.1) is 24.3 Å². The van der Waals surface area contributed by atoms with E-state index in [2.05, 4.69) is 21.2 Å². The van der Waals surface area contributed by atoms with Crippen molar-refractivity contribution in [3.63, 3.8) is 0 Å². The molecule has 0 saturated heterocycles. The van der Waals surface area contributed by atoms with E-state index in [1.54, 1.807) is 31.2 Å². The Morgan fingerprint density at radius 1 is 1.14 bits per heavy atom. The first-order valence-electron chi connectivity index (χ1n) is 6.90. The number of carbonyl (C=O) groups excluding carboxylic acids is 2. The van der Waals surface area contributed by atoms with Crippen molar-refractivity contribution in [2.45, 2.75) is 13.3 Å². The average Bonchev–Trinajstić information content (AvgIpc) is 2.48. The number of nitrogens with one attached hydrogen (secondary N) is 1. The van der Waals surface area contributed by atoms with E-state index in [-0.39, 0.29) is 12.3 Å². The molecule has 0 aliphatic rings. The third-order valence-electron chi connectivity index (χ3n) is 2.95. The van der Waals surface area contributed by atoms with Crippen LogP contribution >= 0.6 is 15.9 Å². The lowest BCUT2D eigenvalue weighted by atomic mass is 10.1. The molecule has 1 amide bonds. The molecule has 5 heteroatoms. The topological polar surface area (TPSA) is 55.4 Å². The molecular weight excluding hydrogens is 346 g/mol. The molecule has 4 nitrogen and oxygen atoms in total. The predicted molar refractivity (Wildman–Crippen MR) is 88.9 cm³/mol. The standard InChI is InChI=1S/C17H16BrNO3/c1-2-22-17(21)14-8-3-4-9-15(14)19-16(20)11-12-6-5-7-13(18)10-12/h3-10H,2,11H2,1H3,(H,19,20). The Bertz CT molecular complexity index is 685. The SMILES string of the molecule is CCOC(=O)c1ccccc1NC(=O)Cc1cccc(Br)c1. The summed E-state index contributed by atoms with van der Waals surface area (Å²) in [6.07, 6.45) is 0.233. The number of para-hydroxylation sites is 1. The molecule has 0 fully saturated rings. The molecule has 2 aromatic carbocycles. The van der Waals surface area contributed by atoms with E-state index in [0.29, 0.717) is 17.9 Å². The van der Waals surface area contributed by atoms with Crippen LogP contribution in [0.2, 0.25) is 0 Å². The summed E-state index contributed by atoms with van der Waals surface area (Å²) in [6, 6.07) is 14.3. The van der Waals surface area contributed by atoms with Crippen molar-refractivity contribution in [1.82, 2.24) is 0 Å². The smallest absolute Gasteiger partial charge is 0.340 e. The number of esters is 1. The molecule has 0 radical (unpaired) electrons. The summed E-state index contributed by atoms with van der Waals surface area (Å²) < 4.78 is 5.91. The van der Waals surface area contributed by atoms with Gasteiger partial charge in [-0.2, -0.15) is 0 Å². The summed E-state index contributed by atoms with van der Waals surface area (Å²) in [5, 5.41) is 2.76. The number of rotatable bonds is 5. The third kappa shape index (κ3) is 4.43. The lowest BCUT2D eigenvalue weighted by Crippen LogP contribution is -2.17. The van der Waals surface area contributed by atoms with Crippen LogP contribution in [0.3, 0.4) is 0 Å². The second kappa shape index (κ2) is 7.75. The van der Waals surface area contributed by atoms with Gasteiger partial charge in [0.2, 0.25) is 5.91 Å². The van der Waals surface area contributed by atoms with E-state index in [1.165, 1.54) is 0 Å². The van der Waals surface area contributed by atoms with Gasteiger partial charge in [-0.05, 0) is 36.8 Å². The van der Waals surface area contributed by atoms with Crippen LogP contribution in [0.4, 0.5) is 5.69 Å². The fourth-order valence-corrected chi connectivity index (χ4v) is 2.45.